The topological polar surface area (TPSA) is 72.2 Å². The van der Waals surface area contributed by atoms with E-state index in [0.29, 0.717) is 21.2 Å². The van der Waals surface area contributed by atoms with Crippen molar-refractivity contribution in [1.29, 1.82) is 0 Å². The fourth-order valence-electron chi connectivity index (χ4n) is 1.79. The summed E-state index contributed by atoms with van der Waals surface area (Å²) in [4.78, 5) is 24.3. The van der Waals surface area contributed by atoms with Crippen LogP contribution in [0.5, 0.6) is 0 Å². The Bertz CT molecular complexity index is 677. The summed E-state index contributed by atoms with van der Waals surface area (Å²) >= 11 is 7.14. The van der Waals surface area contributed by atoms with E-state index in [0.717, 1.165) is 5.56 Å². The van der Waals surface area contributed by atoms with Gasteiger partial charge in [-0.3, -0.25) is 9.59 Å². The summed E-state index contributed by atoms with van der Waals surface area (Å²) in [5.41, 5.74) is 7.38. The molecule has 0 aliphatic rings. The van der Waals surface area contributed by atoms with Crippen molar-refractivity contribution in [2.75, 3.05) is 5.32 Å². The third-order valence-corrected chi connectivity index (χ3v) is 4.22. The van der Waals surface area contributed by atoms with E-state index < -0.39 is 6.04 Å². The predicted molar refractivity (Wildman–Crippen MR) is 86.2 cm³/mol. The summed E-state index contributed by atoms with van der Waals surface area (Å²) in [6.07, 6.45) is 0. The van der Waals surface area contributed by atoms with Crippen molar-refractivity contribution in [2.24, 2.45) is 5.73 Å². The number of amides is 1. The molecule has 110 valence electrons. The van der Waals surface area contributed by atoms with Gasteiger partial charge in [0.2, 0.25) is 5.91 Å². The highest BCUT2D eigenvalue weighted by molar-refractivity contribution is 7.15. The lowest BCUT2D eigenvalue weighted by Gasteiger charge is -2.09. The highest BCUT2D eigenvalue weighted by Crippen LogP contribution is 2.30. The van der Waals surface area contributed by atoms with Gasteiger partial charge in [0.1, 0.15) is 5.00 Å². The molecule has 2 aromatic rings. The van der Waals surface area contributed by atoms with Crippen LogP contribution in [0.25, 0.3) is 0 Å². The van der Waals surface area contributed by atoms with Crippen LogP contribution in [-0.4, -0.2) is 17.7 Å². The fourth-order valence-corrected chi connectivity index (χ4v) is 2.86. The van der Waals surface area contributed by atoms with Crippen molar-refractivity contribution < 1.29 is 9.59 Å². The minimum Gasteiger partial charge on any atom is -0.320 e. The Morgan fingerprint density at radius 1 is 1.29 bits per heavy atom. The summed E-state index contributed by atoms with van der Waals surface area (Å²) in [7, 11) is 0. The highest BCUT2D eigenvalue weighted by atomic mass is 35.5. The van der Waals surface area contributed by atoms with Gasteiger partial charge in [-0.2, -0.15) is 0 Å². The van der Waals surface area contributed by atoms with Gasteiger partial charge in [0.05, 0.1) is 11.6 Å². The molecule has 0 saturated heterocycles. The molecule has 21 heavy (non-hydrogen) atoms. The predicted octanol–water partition coefficient (Wildman–Crippen LogP) is 3.23. The molecule has 1 heterocycles. The zero-order valence-electron chi connectivity index (χ0n) is 11.6. The second-order valence-corrected chi connectivity index (χ2v) is 6.05. The maximum Gasteiger partial charge on any atom is 0.241 e. The van der Waals surface area contributed by atoms with Crippen molar-refractivity contribution in [2.45, 2.75) is 19.9 Å². The molecule has 0 aliphatic carbocycles. The molecule has 1 atom stereocenters. The van der Waals surface area contributed by atoms with Crippen LogP contribution in [0.1, 0.15) is 28.4 Å². The van der Waals surface area contributed by atoms with Crippen molar-refractivity contribution >= 4 is 39.6 Å². The number of benzene rings is 1. The Kier molecular flexibility index (Phi) is 4.77. The van der Waals surface area contributed by atoms with E-state index in [-0.39, 0.29) is 11.7 Å². The van der Waals surface area contributed by atoms with Crippen molar-refractivity contribution in [3.05, 3.63) is 51.4 Å². The molecular weight excluding hydrogens is 308 g/mol. The van der Waals surface area contributed by atoms with Crippen molar-refractivity contribution in [3.8, 4) is 0 Å². The Labute approximate surface area is 131 Å². The maximum atomic E-state index is 12.6. The number of ketones is 1. The molecule has 1 aromatic carbocycles. The second-order valence-electron chi connectivity index (χ2n) is 4.74. The van der Waals surface area contributed by atoms with Crippen LogP contribution in [0, 0.1) is 6.92 Å². The first-order valence-corrected chi connectivity index (χ1v) is 7.60. The van der Waals surface area contributed by atoms with Gasteiger partial charge in [-0.05, 0) is 49.1 Å². The Morgan fingerprint density at radius 2 is 1.90 bits per heavy atom. The first-order chi connectivity index (χ1) is 9.90. The molecule has 0 aliphatic heterocycles. The first-order valence-electron chi connectivity index (χ1n) is 6.35. The van der Waals surface area contributed by atoms with Crippen LogP contribution in [0.2, 0.25) is 5.02 Å². The van der Waals surface area contributed by atoms with Gasteiger partial charge in [-0.15, -0.1) is 11.3 Å². The van der Waals surface area contributed by atoms with E-state index in [2.05, 4.69) is 5.32 Å². The summed E-state index contributed by atoms with van der Waals surface area (Å²) in [6.45, 7) is 3.43. The Balaban J connectivity index is 2.35. The van der Waals surface area contributed by atoms with Gasteiger partial charge in [0.15, 0.2) is 5.78 Å². The highest BCUT2D eigenvalue weighted by Gasteiger charge is 2.20. The van der Waals surface area contributed by atoms with Gasteiger partial charge >= 0.3 is 0 Å². The zero-order valence-corrected chi connectivity index (χ0v) is 13.2. The van der Waals surface area contributed by atoms with Crippen LogP contribution in [0.15, 0.2) is 29.6 Å². The lowest BCUT2D eigenvalue weighted by atomic mass is 10.0. The molecule has 0 bridgehead atoms. The number of anilines is 1. The number of halogens is 1. The molecule has 3 N–H and O–H groups in total. The maximum absolute atomic E-state index is 12.6. The molecule has 2 rings (SSSR count). The third kappa shape index (κ3) is 3.50. The average molecular weight is 323 g/mol. The average Bonchev–Trinajstić information content (AvgIpc) is 2.79. The number of thiophene rings is 1. The SMILES string of the molecule is Cc1csc(NC(=O)C(C)N)c1C(=O)c1ccc(Cl)cc1. The largest absolute Gasteiger partial charge is 0.320 e. The van der Waals surface area contributed by atoms with Gasteiger partial charge in [-0.25, -0.2) is 0 Å². The molecule has 0 fully saturated rings. The van der Waals surface area contributed by atoms with Crippen LogP contribution in [0.3, 0.4) is 0 Å². The normalized spacial score (nSPS) is 12.0. The summed E-state index contributed by atoms with van der Waals surface area (Å²) in [5.74, 6) is -0.465. The van der Waals surface area contributed by atoms with Crippen molar-refractivity contribution in [3.63, 3.8) is 0 Å². The molecular formula is C15H15ClN2O2S. The fraction of sp³-hybridized carbons (Fsp3) is 0.200. The number of hydrogen-bond acceptors (Lipinski definition) is 4. The number of nitrogens with two attached hydrogens (primary N) is 1. The Hall–Kier alpha value is -1.69. The van der Waals surface area contributed by atoms with Crippen LogP contribution in [0.4, 0.5) is 5.00 Å². The van der Waals surface area contributed by atoms with Crippen molar-refractivity contribution in [1.82, 2.24) is 0 Å². The summed E-state index contributed by atoms with van der Waals surface area (Å²) in [5, 5.41) is 5.63. The molecule has 1 aromatic heterocycles. The molecule has 0 spiro atoms. The van der Waals surface area contributed by atoms with E-state index >= 15 is 0 Å². The van der Waals surface area contributed by atoms with E-state index in [1.807, 2.05) is 12.3 Å². The number of rotatable bonds is 4. The minimum absolute atomic E-state index is 0.148. The van der Waals surface area contributed by atoms with E-state index in [4.69, 9.17) is 17.3 Å². The second kappa shape index (κ2) is 6.39. The lowest BCUT2D eigenvalue weighted by Crippen LogP contribution is -2.32. The smallest absolute Gasteiger partial charge is 0.241 e. The standard InChI is InChI=1S/C15H15ClN2O2S/c1-8-7-21-15(18-14(20)9(2)17)12(8)13(19)10-3-5-11(16)6-4-10/h3-7,9H,17H2,1-2H3,(H,18,20). The molecule has 6 heteroatoms. The van der Waals surface area contributed by atoms with E-state index in [1.165, 1.54) is 11.3 Å². The molecule has 0 radical (unpaired) electrons. The first kappa shape index (κ1) is 15.7. The lowest BCUT2D eigenvalue weighted by molar-refractivity contribution is -0.117. The molecule has 0 saturated carbocycles. The Morgan fingerprint density at radius 3 is 2.48 bits per heavy atom. The van der Waals surface area contributed by atoms with Gasteiger partial charge in [-0.1, -0.05) is 11.6 Å². The number of carbonyl (C=O) groups excluding carboxylic acids is 2. The molecule has 1 unspecified atom stereocenters. The van der Waals surface area contributed by atoms with E-state index in [9.17, 15) is 9.59 Å². The number of nitrogens with one attached hydrogen (secondary N) is 1. The zero-order chi connectivity index (χ0) is 15.6. The molecule has 1 amide bonds. The van der Waals surface area contributed by atoms with Crippen LogP contribution in [-0.2, 0) is 4.79 Å². The third-order valence-electron chi connectivity index (χ3n) is 2.96. The number of carbonyl (C=O) groups is 2. The van der Waals surface area contributed by atoms with Gasteiger partial charge in [0, 0.05) is 10.6 Å². The monoisotopic (exact) mass is 322 g/mol. The quantitative estimate of drug-likeness (QED) is 0.849. The number of aryl methyl sites for hydroxylation is 1. The van der Waals surface area contributed by atoms with Crippen LogP contribution >= 0.6 is 22.9 Å². The van der Waals surface area contributed by atoms with Gasteiger partial charge in [0.25, 0.3) is 0 Å². The summed E-state index contributed by atoms with van der Waals surface area (Å²) in [6, 6.07) is 6.02. The van der Waals surface area contributed by atoms with Crippen LogP contribution < -0.4 is 11.1 Å². The minimum atomic E-state index is -0.633. The molecule has 4 nitrogen and oxygen atoms in total. The van der Waals surface area contributed by atoms with E-state index in [1.54, 1.807) is 31.2 Å². The number of hydrogen-bond donors (Lipinski definition) is 2. The van der Waals surface area contributed by atoms with Gasteiger partial charge < -0.3 is 11.1 Å². The summed E-state index contributed by atoms with van der Waals surface area (Å²) < 4.78 is 0.